The average Bonchev–Trinajstić information content (AvgIpc) is 2.36. The zero-order valence-corrected chi connectivity index (χ0v) is 10.4. The van der Waals surface area contributed by atoms with Crippen LogP contribution in [0.25, 0.3) is 0 Å². The van der Waals surface area contributed by atoms with Crippen molar-refractivity contribution in [1.82, 2.24) is 5.32 Å². The third-order valence-electron chi connectivity index (χ3n) is 1.76. The lowest BCUT2D eigenvalue weighted by Gasteiger charge is -2.05. The SMILES string of the molecule is CNC.COc1ccccc1C(=N)/C=C\C=N. The van der Waals surface area contributed by atoms with Crippen LogP contribution in [0.3, 0.4) is 0 Å². The summed E-state index contributed by atoms with van der Waals surface area (Å²) in [5.74, 6) is 0.673. The Hall–Kier alpha value is -1.94. The number of allylic oxidation sites excluding steroid dienone is 2. The molecule has 0 aliphatic heterocycles. The van der Waals surface area contributed by atoms with Crippen LogP contribution in [0.15, 0.2) is 36.4 Å². The number of hydrogen-bond acceptors (Lipinski definition) is 4. The highest BCUT2D eigenvalue weighted by molar-refractivity contribution is 6.09. The van der Waals surface area contributed by atoms with E-state index in [1.807, 2.05) is 38.4 Å². The van der Waals surface area contributed by atoms with E-state index < -0.39 is 0 Å². The Morgan fingerprint density at radius 1 is 1.29 bits per heavy atom. The molecule has 4 nitrogen and oxygen atoms in total. The van der Waals surface area contributed by atoms with Crippen molar-refractivity contribution in [3.8, 4) is 5.75 Å². The first kappa shape index (κ1) is 15.1. The molecule has 0 aromatic heterocycles. The van der Waals surface area contributed by atoms with Crippen LogP contribution in [0.2, 0.25) is 0 Å². The van der Waals surface area contributed by atoms with E-state index in [0.29, 0.717) is 11.5 Å². The van der Waals surface area contributed by atoms with Crippen LogP contribution in [0, 0.1) is 10.8 Å². The fraction of sp³-hybridized carbons (Fsp3) is 0.231. The summed E-state index contributed by atoms with van der Waals surface area (Å²) in [5, 5.41) is 17.3. The Bertz CT molecular complexity index is 386. The van der Waals surface area contributed by atoms with Crippen LogP contribution < -0.4 is 10.1 Å². The number of ether oxygens (including phenoxy) is 1. The van der Waals surface area contributed by atoms with Gasteiger partial charge in [-0.3, -0.25) is 0 Å². The highest BCUT2D eigenvalue weighted by atomic mass is 16.5. The van der Waals surface area contributed by atoms with Crippen LogP contribution in [0.1, 0.15) is 5.56 Å². The van der Waals surface area contributed by atoms with Crippen LogP contribution in [-0.2, 0) is 0 Å². The molecular weight excluding hydrogens is 214 g/mol. The molecule has 0 fully saturated rings. The number of para-hydroxylation sites is 1. The number of nitrogens with one attached hydrogen (secondary N) is 3. The maximum Gasteiger partial charge on any atom is 0.128 e. The Kier molecular flexibility index (Phi) is 8.24. The first-order valence-corrected chi connectivity index (χ1v) is 5.18. The van der Waals surface area contributed by atoms with E-state index in [0.717, 1.165) is 11.8 Å². The van der Waals surface area contributed by atoms with Gasteiger partial charge in [-0.15, -0.1) is 0 Å². The fourth-order valence-corrected chi connectivity index (χ4v) is 1.10. The van der Waals surface area contributed by atoms with Crippen molar-refractivity contribution in [3.63, 3.8) is 0 Å². The molecule has 0 saturated carbocycles. The smallest absolute Gasteiger partial charge is 0.128 e. The van der Waals surface area contributed by atoms with Crippen molar-refractivity contribution in [2.45, 2.75) is 0 Å². The Balaban J connectivity index is 0.000000770. The van der Waals surface area contributed by atoms with E-state index in [2.05, 4.69) is 5.32 Å². The molecule has 0 bridgehead atoms. The number of benzene rings is 1. The van der Waals surface area contributed by atoms with E-state index in [1.54, 1.807) is 13.2 Å². The van der Waals surface area contributed by atoms with Crippen molar-refractivity contribution in [1.29, 1.82) is 10.8 Å². The lowest BCUT2D eigenvalue weighted by Crippen LogP contribution is -1.98. The Morgan fingerprint density at radius 2 is 1.88 bits per heavy atom. The Morgan fingerprint density at radius 3 is 2.41 bits per heavy atom. The third-order valence-corrected chi connectivity index (χ3v) is 1.76. The summed E-state index contributed by atoms with van der Waals surface area (Å²) in [7, 11) is 5.33. The van der Waals surface area contributed by atoms with Gasteiger partial charge in [0.2, 0.25) is 0 Å². The molecule has 4 heteroatoms. The number of hydrogen-bond donors (Lipinski definition) is 3. The molecule has 1 aromatic rings. The van der Waals surface area contributed by atoms with E-state index in [4.69, 9.17) is 15.6 Å². The first-order chi connectivity index (χ1) is 8.21. The minimum atomic E-state index is 0.339. The van der Waals surface area contributed by atoms with Gasteiger partial charge < -0.3 is 20.9 Å². The molecule has 1 rings (SSSR count). The maximum atomic E-state index is 7.71. The molecule has 0 amide bonds. The number of rotatable bonds is 4. The Labute approximate surface area is 102 Å². The number of methoxy groups -OCH3 is 1. The fourth-order valence-electron chi connectivity index (χ4n) is 1.10. The van der Waals surface area contributed by atoms with Gasteiger partial charge in [0.15, 0.2) is 0 Å². The molecule has 92 valence electrons. The van der Waals surface area contributed by atoms with Gasteiger partial charge >= 0.3 is 0 Å². The molecule has 0 aliphatic rings. The topological polar surface area (TPSA) is 69.0 Å². The molecule has 0 unspecified atom stereocenters. The second-order valence-electron chi connectivity index (χ2n) is 3.14. The van der Waals surface area contributed by atoms with Gasteiger partial charge in [0.25, 0.3) is 0 Å². The molecule has 0 atom stereocenters. The summed E-state index contributed by atoms with van der Waals surface area (Å²) < 4.78 is 5.11. The maximum absolute atomic E-state index is 7.71. The molecule has 0 spiro atoms. The van der Waals surface area contributed by atoms with Crippen LogP contribution in [-0.4, -0.2) is 33.1 Å². The van der Waals surface area contributed by atoms with Crippen LogP contribution >= 0.6 is 0 Å². The zero-order chi connectivity index (χ0) is 13.1. The summed E-state index contributed by atoms with van der Waals surface area (Å²) in [5.41, 5.74) is 1.07. The highest BCUT2D eigenvalue weighted by Crippen LogP contribution is 2.17. The minimum Gasteiger partial charge on any atom is -0.496 e. The summed E-state index contributed by atoms with van der Waals surface area (Å²) in [6, 6.07) is 7.33. The van der Waals surface area contributed by atoms with Gasteiger partial charge in [0.1, 0.15) is 5.75 Å². The van der Waals surface area contributed by atoms with Gasteiger partial charge in [0, 0.05) is 11.8 Å². The summed E-state index contributed by atoms with van der Waals surface area (Å²) in [6.45, 7) is 0. The minimum absolute atomic E-state index is 0.339. The lowest BCUT2D eigenvalue weighted by molar-refractivity contribution is 0.414. The molecule has 17 heavy (non-hydrogen) atoms. The van der Waals surface area contributed by atoms with Crippen molar-refractivity contribution >= 4 is 11.9 Å². The van der Waals surface area contributed by atoms with Crippen molar-refractivity contribution < 1.29 is 4.74 Å². The molecule has 0 aliphatic carbocycles. The summed E-state index contributed by atoms with van der Waals surface area (Å²) in [4.78, 5) is 0. The van der Waals surface area contributed by atoms with Crippen molar-refractivity contribution in [2.24, 2.45) is 0 Å². The van der Waals surface area contributed by atoms with E-state index in [9.17, 15) is 0 Å². The van der Waals surface area contributed by atoms with Gasteiger partial charge in [-0.2, -0.15) is 0 Å². The van der Waals surface area contributed by atoms with Crippen LogP contribution in [0.5, 0.6) is 5.75 Å². The predicted molar refractivity (Wildman–Crippen MR) is 72.7 cm³/mol. The second-order valence-corrected chi connectivity index (χ2v) is 3.14. The molecule has 1 aromatic carbocycles. The largest absolute Gasteiger partial charge is 0.496 e. The normalized spacial score (nSPS) is 9.35. The van der Waals surface area contributed by atoms with E-state index in [1.165, 1.54) is 6.08 Å². The zero-order valence-electron chi connectivity index (χ0n) is 10.4. The molecular formula is C13H19N3O. The van der Waals surface area contributed by atoms with Crippen LogP contribution in [0.4, 0.5) is 0 Å². The second kappa shape index (κ2) is 9.30. The average molecular weight is 233 g/mol. The van der Waals surface area contributed by atoms with Gasteiger partial charge in [-0.05, 0) is 38.4 Å². The third kappa shape index (κ3) is 5.63. The van der Waals surface area contributed by atoms with E-state index in [-0.39, 0.29) is 0 Å². The molecule has 0 heterocycles. The molecule has 0 radical (unpaired) electrons. The molecule has 3 N–H and O–H groups in total. The predicted octanol–water partition coefficient (Wildman–Crippen LogP) is 2.10. The van der Waals surface area contributed by atoms with Crippen molar-refractivity contribution in [3.05, 3.63) is 42.0 Å². The van der Waals surface area contributed by atoms with Gasteiger partial charge in [0.05, 0.1) is 12.8 Å². The summed E-state index contributed by atoms with van der Waals surface area (Å²) >= 11 is 0. The summed E-state index contributed by atoms with van der Waals surface area (Å²) in [6.07, 6.45) is 4.21. The van der Waals surface area contributed by atoms with Crippen molar-refractivity contribution in [2.75, 3.05) is 21.2 Å². The first-order valence-electron chi connectivity index (χ1n) is 5.18. The highest BCUT2D eigenvalue weighted by Gasteiger charge is 2.03. The van der Waals surface area contributed by atoms with E-state index >= 15 is 0 Å². The lowest BCUT2D eigenvalue weighted by atomic mass is 10.1. The standard InChI is InChI=1S/C11H12N2O.C2H7N/c1-14-11-7-3-2-5-9(11)10(13)6-4-8-12;1-3-2/h2-8,12-13H,1H3;3H,1-2H3/b6-4-,12-8?,13-10?;. The monoisotopic (exact) mass is 233 g/mol. The quantitative estimate of drug-likeness (QED) is 0.697. The molecule has 0 saturated heterocycles. The van der Waals surface area contributed by atoms with Gasteiger partial charge in [-0.25, -0.2) is 0 Å². The van der Waals surface area contributed by atoms with Gasteiger partial charge in [-0.1, -0.05) is 12.1 Å².